The zero-order chi connectivity index (χ0) is 10.6. The molecule has 0 amide bonds. The number of hydrogen-bond donors (Lipinski definition) is 2. The molecule has 0 aromatic carbocycles. The Bertz CT molecular complexity index is 219. The molecule has 1 rings (SSSR count). The van der Waals surface area contributed by atoms with Crippen molar-refractivity contribution in [1.29, 1.82) is 0 Å². The van der Waals surface area contributed by atoms with E-state index in [1.807, 2.05) is 0 Å². The standard InChI is InChI=1S/C9H14Cl2N2O/c1-2-3-14-9-5-8(13-12)6(10)4-7(9)11/h1,6-9,13H,3-5,12H2. The van der Waals surface area contributed by atoms with Gasteiger partial charge in [0.05, 0.1) is 16.9 Å². The highest BCUT2D eigenvalue weighted by atomic mass is 35.5. The Kier molecular flexibility index (Phi) is 5.00. The second-order valence-electron chi connectivity index (χ2n) is 3.33. The van der Waals surface area contributed by atoms with Gasteiger partial charge in [-0.1, -0.05) is 5.92 Å². The van der Waals surface area contributed by atoms with Crippen LogP contribution < -0.4 is 11.3 Å². The minimum atomic E-state index is -0.0875. The number of nitrogens with two attached hydrogens (primary N) is 1. The van der Waals surface area contributed by atoms with E-state index in [9.17, 15) is 0 Å². The van der Waals surface area contributed by atoms with Gasteiger partial charge in [-0.15, -0.1) is 29.6 Å². The molecule has 0 aromatic heterocycles. The molecular formula is C9H14Cl2N2O. The van der Waals surface area contributed by atoms with E-state index in [4.69, 9.17) is 40.2 Å². The Balaban J connectivity index is 2.47. The summed E-state index contributed by atoms with van der Waals surface area (Å²) in [6.07, 6.45) is 6.40. The summed E-state index contributed by atoms with van der Waals surface area (Å²) in [7, 11) is 0. The number of ether oxygens (including phenoxy) is 1. The van der Waals surface area contributed by atoms with Gasteiger partial charge in [0.2, 0.25) is 0 Å². The molecule has 0 radical (unpaired) electrons. The number of terminal acetylenes is 1. The number of nitrogens with one attached hydrogen (secondary N) is 1. The summed E-state index contributed by atoms with van der Waals surface area (Å²) in [6, 6.07) is 0.0365. The van der Waals surface area contributed by atoms with Crippen molar-refractivity contribution in [3.8, 4) is 12.3 Å². The summed E-state index contributed by atoms with van der Waals surface area (Å²) in [6.45, 7) is 0.276. The summed E-state index contributed by atoms with van der Waals surface area (Å²) in [5.74, 6) is 7.77. The lowest BCUT2D eigenvalue weighted by molar-refractivity contribution is 0.0436. The number of alkyl halides is 2. The minimum absolute atomic E-state index is 0.0365. The Labute approximate surface area is 94.2 Å². The molecule has 1 aliphatic rings. The first-order valence-electron chi connectivity index (χ1n) is 4.48. The van der Waals surface area contributed by atoms with Crippen LogP contribution in [0.1, 0.15) is 12.8 Å². The van der Waals surface area contributed by atoms with E-state index >= 15 is 0 Å². The summed E-state index contributed by atoms with van der Waals surface area (Å²) in [5.41, 5.74) is 2.66. The average molecular weight is 237 g/mol. The van der Waals surface area contributed by atoms with Crippen LogP contribution in [0.4, 0.5) is 0 Å². The average Bonchev–Trinajstić information content (AvgIpc) is 2.17. The first kappa shape index (κ1) is 12.1. The fraction of sp³-hybridized carbons (Fsp3) is 0.778. The molecule has 14 heavy (non-hydrogen) atoms. The van der Waals surface area contributed by atoms with Crippen molar-refractivity contribution in [1.82, 2.24) is 5.43 Å². The van der Waals surface area contributed by atoms with Crippen molar-refractivity contribution in [2.45, 2.75) is 35.7 Å². The molecule has 0 bridgehead atoms. The molecule has 0 aliphatic heterocycles. The highest BCUT2D eigenvalue weighted by Crippen LogP contribution is 2.29. The SMILES string of the molecule is C#CCOC1CC(NN)C(Cl)CC1Cl. The molecule has 1 fully saturated rings. The topological polar surface area (TPSA) is 47.3 Å². The summed E-state index contributed by atoms with van der Waals surface area (Å²) < 4.78 is 5.40. The first-order valence-corrected chi connectivity index (χ1v) is 5.35. The van der Waals surface area contributed by atoms with E-state index in [1.54, 1.807) is 0 Å². The van der Waals surface area contributed by atoms with Crippen molar-refractivity contribution in [3.05, 3.63) is 0 Å². The van der Waals surface area contributed by atoms with E-state index in [2.05, 4.69) is 11.3 Å². The van der Waals surface area contributed by atoms with E-state index in [0.717, 1.165) is 0 Å². The molecule has 3 nitrogen and oxygen atoms in total. The van der Waals surface area contributed by atoms with Crippen LogP contribution in [-0.2, 0) is 4.74 Å². The van der Waals surface area contributed by atoms with Crippen LogP contribution in [0, 0.1) is 12.3 Å². The molecule has 0 saturated heterocycles. The summed E-state index contributed by atoms with van der Waals surface area (Å²) >= 11 is 12.1. The van der Waals surface area contributed by atoms with Crippen LogP contribution in [0.2, 0.25) is 0 Å². The predicted molar refractivity (Wildman–Crippen MR) is 58.2 cm³/mol. The quantitative estimate of drug-likeness (QED) is 0.331. The van der Waals surface area contributed by atoms with Crippen LogP contribution in [0.25, 0.3) is 0 Å². The van der Waals surface area contributed by atoms with Crippen LogP contribution in [0.15, 0.2) is 0 Å². The Hall–Kier alpha value is 0.0200. The van der Waals surface area contributed by atoms with Crippen molar-refractivity contribution in [2.24, 2.45) is 5.84 Å². The van der Waals surface area contributed by atoms with E-state index in [-0.39, 0.29) is 29.5 Å². The van der Waals surface area contributed by atoms with Crippen LogP contribution >= 0.6 is 23.2 Å². The molecule has 80 valence electrons. The molecule has 1 aliphatic carbocycles. The molecule has 3 N–H and O–H groups in total. The van der Waals surface area contributed by atoms with Crippen molar-refractivity contribution in [3.63, 3.8) is 0 Å². The van der Waals surface area contributed by atoms with Crippen LogP contribution in [-0.4, -0.2) is 29.5 Å². The third-order valence-electron chi connectivity index (χ3n) is 2.37. The minimum Gasteiger partial charge on any atom is -0.364 e. The fourth-order valence-electron chi connectivity index (χ4n) is 1.58. The highest BCUT2D eigenvalue weighted by Gasteiger charge is 2.35. The Morgan fingerprint density at radius 2 is 2.14 bits per heavy atom. The second kappa shape index (κ2) is 5.79. The maximum atomic E-state index is 6.09. The molecule has 4 atom stereocenters. The van der Waals surface area contributed by atoms with Gasteiger partial charge in [-0.3, -0.25) is 11.3 Å². The molecule has 0 aromatic rings. The van der Waals surface area contributed by atoms with E-state index in [1.165, 1.54) is 0 Å². The van der Waals surface area contributed by atoms with Gasteiger partial charge in [0.15, 0.2) is 0 Å². The lowest BCUT2D eigenvalue weighted by Gasteiger charge is -2.35. The third kappa shape index (κ3) is 3.01. The largest absolute Gasteiger partial charge is 0.364 e. The summed E-state index contributed by atoms with van der Waals surface area (Å²) in [4.78, 5) is 0. The van der Waals surface area contributed by atoms with Gasteiger partial charge in [0.25, 0.3) is 0 Å². The molecule has 0 heterocycles. The normalized spacial score (nSPS) is 37.9. The van der Waals surface area contributed by atoms with Crippen LogP contribution in [0.3, 0.4) is 0 Å². The number of halogens is 2. The van der Waals surface area contributed by atoms with Crippen molar-refractivity contribution in [2.75, 3.05) is 6.61 Å². The van der Waals surface area contributed by atoms with Gasteiger partial charge < -0.3 is 4.74 Å². The van der Waals surface area contributed by atoms with Crippen molar-refractivity contribution >= 4 is 23.2 Å². The van der Waals surface area contributed by atoms with Crippen LogP contribution in [0.5, 0.6) is 0 Å². The fourth-order valence-corrected chi connectivity index (χ4v) is 2.40. The second-order valence-corrected chi connectivity index (χ2v) is 4.45. The maximum absolute atomic E-state index is 6.09. The van der Waals surface area contributed by atoms with Gasteiger partial charge >= 0.3 is 0 Å². The molecule has 4 unspecified atom stereocenters. The predicted octanol–water partition coefficient (Wildman–Crippen LogP) is 0.845. The van der Waals surface area contributed by atoms with Crippen molar-refractivity contribution < 1.29 is 4.74 Å². The lowest BCUT2D eigenvalue weighted by Crippen LogP contribution is -2.51. The zero-order valence-electron chi connectivity index (χ0n) is 7.75. The summed E-state index contributed by atoms with van der Waals surface area (Å²) in [5, 5.41) is -0.136. The molecular weight excluding hydrogens is 223 g/mol. The number of hydrogen-bond acceptors (Lipinski definition) is 3. The van der Waals surface area contributed by atoms with Gasteiger partial charge in [0, 0.05) is 6.04 Å². The molecule has 0 spiro atoms. The first-order chi connectivity index (χ1) is 6.69. The third-order valence-corrected chi connectivity index (χ3v) is 3.31. The zero-order valence-corrected chi connectivity index (χ0v) is 9.26. The Morgan fingerprint density at radius 1 is 1.43 bits per heavy atom. The van der Waals surface area contributed by atoms with Gasteiger partial charge in [-0.05, 0) is 12.8 Å². The highest BCUT2D eigenvalue weighted by molar-refractivity contribution is 6.24. The maximum Gasteiger partial charge on any atom is 0.107 e. The van der Waals surface area contributed by atoms with E-state index < -0.39 is 0 Å². The van der Waals surface area contributed by atoms with Gasteiger partial charge in [-0.2, -0.15) is 0 Å². The molecule has 5 heteroatoms. The van der Waals surface area contributed by atoms with E-state index in [0.29, 0.717) is 12.8 Å². The monoisotopic (exact) mass is 236 g/mol. The number of hydrazine groups is 1. The van der Waals surface area contributed by atoms with Gasteiger partial charge in [-0.25, -0.2) is 0 Å². The lowest BCUT2D eigenvalue weighted by atomic mass is 9.92. The van der Waals surface area contributed by atoms with Gasteiger partial charge in [0.1, 0.15) is 6.61 Å². The Morgan fingerprint density at radius 3 is 2.71 bits per heavy atom. The molecule has 1 saturated carbocycles. The smallest absolute Gasteiger partial charge is 0.107 e. The number of rotatable bonds is 3.